The van der Waals surface area contributed by atoms with E-state index < -0.39 is 0 Å². The lowest BCUT2D eigenvalue weighted by atomic mass is 9.86. The molecule has 0 spiro atoms. The first kappa shape index (κ1) is 16.1. The second kappa shape index (κ2) is 7.24. The number of rotatable bonds is 5. The summed E-state index contributed by atoms with van der Waals surface area (Å²) in [6.07, 6.45) is 7.26. The molecular weight excluding hydrogens is 300 g/mol. The minimum absolute atomic E-state index is 0.0802. The van der Waals surface area contributed by atoms with Gasteiger partial charge >= 0.3 is 5.97 Å². The Morgan fingerprint density at radius 2 is 1.79 bits per heavy atom. The van der Waals surface area contributed by atoms with Gasteiger partial charge < -0.3 is 4.74 Å². The van der Waals surface area contributed by atoms with Crippen LogP contribution < -0.4 is 5.32 Å². The van der Waals surface area contributed by atoms with Crippen LogP contribution in [0.25, 0.3) is 0 Å². The SMILES string of the molecule is O=C(OC1CN2CCC1CC2)C(NC1CCCC1)c1ccccc1. The molecule has 5 rings (SSSR count). The van der Waals surface area contributed by atoms with E-state index in [9.17, 15) is 4.79 Å². The number of piperidine rings is 3. The average molecular weight is 328 g/mol. The zero-order chi connectivity index (χ0) is 16.4. The molecule has 1 aliphatic carbocycles. The lowest BCUT2D eigenvalue weighted by Gasteiger charge is -2.44. The average Bonchev–Trinajstić information content (AvgIpc) is 3.14. The summed E-state index contributed by atoms with van der Waals surface area (Å²) in [7, 11) is 0. The summed E-state index contributed by atoms with van der Waals surface area (Å²) in [6.45, 7) is 3.25. The van der Waals surface area contributed by atoms with Crippen LogP contribution in [0.15, 0.2) is 30.3 Å². The number of hydrogen-bond acceptors (Lipinski definition) is 4. The van der Waals surface area contributed by atoms with Gasteiger partial charge in [0.2, 0.25) is 0 Å². The van der Waals surface area contributed by atoms with Crippen LogP contribution in [0.4, 0.5) is 0 Å². The predicted octanol–water partition coefficient (Wildman–Crippen LogP) is 2.90. The largest absolute Gasteiger partial charge is 0.459 e. The van der Waals surface area contributed by atoms with E-state index in [1.807, 2.05) is 30.3 Å². The number of carbonyl (C=O) groups is 1. The van der Waals surface area contributed by atoms with E-state index in [1.54, 1.807) is 0 Å². The first-order valence-corrected chi connectivity index (χ1v) is 9.53. The molecule has 0 amide bonds. The fourth-order valence-electron chi connectivity index (χ4n) is 4.54. The van der Waals surface area contributed by atoms with Crippen LogP contribution in [-0.4, -0.2) is 42.6 Å². The van der Waals surface area contributed by atoms with E-state index in [0.717, 1.165) is 24.9 Å². The Hall–Kier alpha value is -1.39. The number of nitrogens with one attached hydrogen (secondary N) is 1. The predicted molar refractivity (Wildman–Crippen MR) is 93.6 cm³/mol. The molecule has 0 aromatic heterocycles. The Kier molecular flexibility index (Phi) is 4.86. The highest BCUT2D eigenvalue weighted by atomic mass is 16.5. The standard InChI is InChI=1S/C20H28N2O2/c23-20(24-18-14-22-12-10-15(18)11-13-22)19(16-6-2-1-3-7-16)21-17-8-4-5-9-17/h1-3,6-7,15,17-19,21H,4-5,8-14H2. The molecule has 1 N–H and O–H groups in total. The summed E-state index contributed by atoms with van der Waals surface area (Å²) < 4.78 is 6.01. The Balaban J connectivity index is 1.46. The number of hydrogen-bond donors (Lipinski definition) is 1. The maximum atomic E-state index is 13.0. The highest BCUT2D eigenvalue weighted by Crippen LogP contribution is 2.31. The van der Waals surface area contributed by atoms with Crippen LogP contribution in [0.2, 0.25) is 0 Å². The van der Waals surface area contributed by atoms with Crippen molar-refractivity contribution in [2.75, 3.05) is 19.6 Å². The topological polar surface area (TPSA) is 41.6 Å². The fourth-order valence-corrected chi connectivity index (χ4v) is 4.54. The molecule has 4 nitrogen and oxygen atoms in total. The molecule has 3 heterocycles. The summed E-state index contributed by atoms with van der Waals surface area (Å²) in [4.78, 5) is 15.4. The Labute approximate surface area is 144 Å². The first-order chi connectivity index (χ1) is 11.8. The zero-order valence-electron chi connectivity index (χ0n) is 14.3. The van der Waals surface area contributed by atoms with Crippen molar-refractivity contribution in [3.05, 3.63) is 35.9 Å². The zero-order valence-corrected chi connectivity index (χ0v) is 14.3. The molecule has 0 radical (unpaired) electrons. The number of nitrogens with zero attached hydrogens (tertiary/aromatic N) is 1. The number of fused-ring (bicyclic) bond motifs is 3. The second-order valence-corrected chi connectivity index (χ2v) is 7.61. The van der Waals surface area contributed by atoms with Gasteiger partial charge in [-0.25, -0.2) is 4.79 Å². The van der Waals surface area contributed by atoms with Crippen LogP contribution in [0.1, 0.15) is 50.1 Å². The van der Waals surface area contributed by atoms with E-state index in [2.05, 4.69) is 10.2 Å². The highest BCUT2D eigenvalue weighted by Gasteiger charge is 2.38. The van der Waals surface area contributed by atoms with Crippen molar-refractivity contribution >= 4 is 5.97 Å². The van der Waals surface area contributed by atoms with Gasteiger partial charge in [0.1, 0.15) is 12.1 Å². The van der Waals surface area contributed by atoms with Gasteiger partial charge in [-0.3, -0.25) is 10.2 Å². The summed E-state index contributed by atoms with van der Waals surface area (Å²) in [5, 5.41) is 3.58. The molecule has 2 atom stereocenters. The molecule has 2 bridgehead atoms. The Morgan fingerprint density at radius 1 is 1.08 bits per heavy atom. The number of carbonyl (C=O) groups excluding carboxylic acids is 1. The molecule has 4 aliphatic rings. The molecule has 2 unspecified atom stereocenters. The normalized spacial score (nSPS) is 31.1. The highest BCUT2D eigenvalue weighted by molar-refractivity contribution is 5.78. The number of esters is 1. The quantitative estimate of drug-likeness (QED) is 0.844. The number of benzene rings is 1. The third-order valence-corrected chi connectivity index (χ3v) is 5.99. The molecule has 4 fully saturated rings. The van der Waals surface area contributed by atoms with Crippen molar-refractivity contribution in [2.24, 2.45) is 5.92 Å². The van der Waals surface area contributed by atoms with Crippen LogP contribution in [-0.2, 0) is 9.53 Å². The van der Waals surface area contributed by atoms with Crippen molar-refractivity contribution in [3.8, 4) is 0 Å². The van der Waals surface area contributed by atoms with Crippen molar-refractivity contribution in [1.82, 2.24) is 10.2 Å². The fraction of sp³-hybridized carbons (Fsp3) is 0.650. The van der Waals surface area contributed by atoms with Crippen molar-refractivity contribution < 1.29 is 9.53 Å². The van der Waals surface area contributed by atoms with Gasteiger partial charge in [0.15, 0.2) is 0 Å². The number of ether oxygens (including phenoxy) is 1. The van der Waals surface area contributed by atoms with Crippen molar-refractivity contribution in [2.45, 2.75) is 56.7 Å². The molecule has 1 aromatic rings. The monoisotopic (exact) mass is 328 g/mol. The maximum absolute atomic E-state index is 13.0. The van der Waals surface area contributed by atoms with E-state index in [4.69, 9.17) is 4.74 Å². The molecular formula is C20H28N2O2. The van der Waals surface area contributed by atoms with Crippen LogP contribution >= 0.6 is 0 Å². The van der Waals surface area contributed by atoms with Crippen molar-refractivity contribution in [3.63, 3.8) is 0 Å². The van der Waals surface area contributed by atoms with E-state index in [-0.39, 0.29) is 18.1 Å². The molecule has 1 saturated carbocycles. The lowest BCUT2D eigenvalue weighted by Crippen LogP contribution is -2.52. The summed E-state index contributed by atoms with van der Waals surface area (Å²) in [5.41, 5.74) is 1.02. The van der Waals surface area contributed by atoms with Crippen LogP contribution in [0, 0.1) is 5.92 Å². The van der Waals surface area contributed by atoms with Gasteiger partial charge in [-0.05, 0) is 50.3 Å². The molecule has 3 aliphatic heterocycles. The minimum Gasteiger partial charge on any atom is -0.459 e. The molecule has 4 heteroatoms. The third kappa shape index (κ3) is 3.50. The molecule has 130 valence electrons. The minimum atomic E-state index is -0.329. The maximum Gasteiger partial charge on any atom is 0.328 e. The van der Waals surface area contributed by atoms with Gasteiger partial charge in [0, 0.05) is 12.6 Å². The van der Waals surface area contributed by atoms with Crippen LogP contribution in [0.3, 0.4) is 0 Å². The van der Waals surface area contributed by atoms with Gasteiger partial charge in [-0.1, -0.05) is 43.2 Å². The van der Waals surface area contributed by atoms with E-state index >= 15 is 0 Å². The van der Waals surface area contributed by atoms with Gasteiger partial charge in [-0.15, -0.1) is 0 Å². The summed E-state index contributed by atoms with van der Waals surface area (Å²) >= 11 is 0. The Bertz CT molecular complexity index is 548. The van der Waals surface area contributed by atoms with E-state index in [0.29, 0.717) is 12.0 Å². The lowest BCUT2D eigenvalue weighted by molar-refractivity contribution is -0.161. The third-order valence-electron chi connectivity index (χ3n) is 5.99. The summed E-state index contributed by atoms with van der Waals surface area (Å²) in [6, 6.07) is 10.2. The van der Waals surface area contributed by atoms with Crippen molar-refractivity contribution in [1.29, 1.82) is 0 Å². The second-order valence-electron chi connectivity index (χ2n) is 7.61. The van der Waals surface area contributed by atoms with Gasteiger partial charge in [-0.2, -0.15) is 0 Å². The molecule has 1 aromatic carbocycles. The van der Waals surface area contributed by atoms with Gasteiger partial charge in [0.05, 0.1) is 0 Å². The Morgan fingerprint density at radius 3 is 2.42 bits per heavy atom. The van der Waals surface area contributed by atoms with E-state index in [1.165, 1.54) is 38.8 Å². The summed E-state index contributed by atoms with van der Waals surface area (Å²) in [5.74, 6) is 0.466. The van der Waals surface area contributed by atoms with Gasteiger partial charge in [0.25, 0.3) is 0 Å². The smallest absolute Gasteiger partial charge is 0.328 e. The molecule has 3 saturated heterocycles. The molecule has 24 heavy (non-hydrogen) atoms. The first-order valence-electron chi connectivity index (χ1n) is 9.53. The van der Waals surface area contributed by atoms with Crippen LogP contribution in [0.5, 0.6) is 0 Å².